The maximum absolute atomic E-state index is 5.51. The van der Waals surface area contributed by atoms with E-state index < -0.39 is 0 Å². The third-order valence-corrected chi connectivity index (χ3v) is 3.13. The van der Waals surface area contributed by atoms with E-state index in [1.165, 1.54) is 19.3 Å². The molecule has 0 aliphatic heterocycles. The van der Waals surface area contributed by atoms with Gasteiger partial charge in [-0.15, -0.1) is 0 Å². The highest BCUT2D eigenvalue weighted by molar-refractivity contribution is 4.82. The van der Waals surface area contributed by atoms with E-state index in [1.807, 2.05) is 0 Å². The predicted molar refractivity (Wildman–Crippen MR) is 49.0 cm³/mol. The summed E-state index contributed by atoms with van der Waals surface area (Å²) in [5.41, 5.74) is 0. The molecular weight excluding hydrogens is 152 g/mol. The van der Waals surface area contributed by atoms with Crippen LogP contribution in [0.25, 0.3) is 0 Å². The number of methoxy groups -OCH3 is 2. The zero-order valence-electron chi connectivity index (χ0n) is 8.43. The van der Waals surface area contributed by atoms with Crippen LogP contribution in [0.4, 0.5) is 0 Å². The van der Waals surface area contributed by atoms with Gasteiger partial charge in [-0.25, -0.2) is 0 Å². The highest BCUT2D eigenvalue weighted by atomic mass is 16.7. The summed E-state index contributed by atoms with van der Waals surface area (Å²) >= 11 is 0. The van der Waals surface area contributed by atoms with Crippen molar-refractivity contribution in [1.82, 2.24) is 0 Å². The molecule has 0 radical (unpaired) electrons. The molecule has 1 rings (SSSR count). The molecule has 2 nitrogen and oxygen atoms in total. The molecule has 0 N–H and O–H groups in total. The van der Waals surface area contributed by atoms with Gasteiger partial charge >= 0.3 is 0 Å². The lowest BCUT2D eigenvalue weighted by Crippen LogP contribution is -2.44. The van der Waals surface area contributed by atoms with Crippen LogP contribution in [-0.4, -0.2) is 20.0 Å². The van der Waals surface area contributed by atoms with Crippen molar-refractivity contribution in [3.05, 3.63) is 0 Å². The standard InChI is InChI=1S/C10H20O2/c1-4-9-7-5-6-8-10(9,11-2)12-3/h9H,4-8H2,1-3H3. The maximum Gasteiger partial charge on any atom is 0.170 e. The van der Waals surface area contributed by atoms with Crippen molar-refractivity contribution in [3.8, 4) is 0 Å². The number of hydrogen-bond acceptors (Lipinski definition) is 2. The van der Waals surface area contributed by atoms with Gasteiger partial charge in [0.25, 0.3) is 0 Å². The molecular formula is C10H20O2. The van der Waals surface area contributed by atoms with Crippen LogP contribution in [-0.2, 0) is 9.47 Å². The summed E-state index contributed by atoms with van der Waals surface area (Å²) in [6, 6.07) is 0. The summed E-state index contributed by atoms with van der Waals surface area (Å²) in [6.45, 7) is 2.21. The SMILES string of the molecule is CCC1CCCCC1(OC)OC. The van der Waals surface area contributed by atoms with Crippen LogP contribution in [0.1, 0.15) is 39.0 Å². The Balaban J connectivity index is 2.66. The second-order valence-corrected chi connectivity index (χ2v) is 3.57. The van der Waals surface area contributed by atoms with E-state index in [0.29, 0.717) is 5.92 Å². The van der Waals surface area contributed by atoms with Gasteiger partial charge in [0.1, 0.15) is 0 Å². The van der Waals surface area contributed by atoms with Crippen molar-refractivity contribution in [2.75, 3.05) is 14.2 Å². The molecule has 12 heavy (non-hydrogen) atoms. The normalized spacial score (nSPS) is 28.8. The average Bonchev–Trinajstić information content (AvgIpc) is 2.17. The van der Waals surface area contributed by atoms with Crippen molar-refractivity contribution < 1.29 is 9.47 Å². The highest BCUT2D eigenvalue weighted by Crippen LogP contribution is 2.38. The molecule has 1 aliphatic carbocycles. The van der Waals surface area contributed by atoms with E-state index in [-0.39, 0.29) is 5.79 Å². The van der Waals surface area contributed by atoms with E-state index in [9.17, 15) is 0 Å². The molecule has 1 unspecified atom stereocenters. The number of hydrogen-bond donors (Lipinski definition) is 0. The summed E-state index contributed by atoms with van der Waals surface area (Å²) < 4.78 is 11.0. The lowest BCUT2D eigenvalue weighted by Gasteiger charge is -2.41. The maximum atomic E-state index is 5.51. The third kappa shape index (κ3) is 1.64. The zero-order valence-corrected chi connectivity index (χ0v) is 8.43. The number of ether oxygens (including phenoxy) is 2. The van der Waals surface area contributed by atoms with Gasteiger partial charge in [-0.2, -0.15) is 0 Å². The monoisotopic (exact) mass is 172 g/mol. The van der Waals surface area contributed by atoms with Gasteiger partial charge in [-0.1, -0.05) is 13.3 Å². The average molecular weight is 172 g/mol. The van der Waals surface area contributed by atoms with Gasteiger partial charge in [-0.05, 0) is 19.3 Å². The molecule has 2 heteroatoms. The van der Waals surface area contributed by atoms with E-state index in [4.69, 9.17) is 9.47 Å². The Morgan fingerprint density at radius 2 is 1.92 bits per heavy atom. The molecule has 0 bridgehead atoms. The summed E-state index contributed by atoms with van der Waals surface area (Å²) in [5.74, 6) is 0.314. The van der Waals surface area contributed by atoms with Gasteiger partial charge in [0.2, 0.25) is 0 Å². The zero-order chi connectivity index (χ0) is 9.03. The van der Waals surface area contributed by atoms with E-state index in [0.717, 1.165) is 12.8 Å². The Kier molecular flexibility index (Phi) is 3.53. The van der Waals surface area contributed by atoms with Crippen LogP contribution in [0.15, 0.2) is 0 Å². The minimum atomic E-state index is -0.271. The molecule has 1 aliphatic rings. The van der Waals surface area contributed by atoms with Crippen molar-refractivity contribution in [1.29, 1.82) is 0 Å². The lowest BCUT2D eigenvalue weighted by molar-refractivity contribution is -0.254. The molecule has 1 saturated carbocycles. The quantitative estimate of drug-likeness (QED) is 0.609. The minimum absolute atomic E-state index is 0.271. The molecule has 0 spiro atoms. The molecule has 0 amide bonds. The molecule has 72 valence electrons. The first-order valence-corrected chi connectivity index (χ1v) is 4.89. The van der Waals surface area contributed by atoms with Gasteiger partial charge in [0.05, 0.1) is 0 Å². The fourth-order valence-corrected chi connectivity index (χ4v) is 2.32. The van der Waals surface area contributed by atoms with E-state index in [1.54, 1.807) is 14.2 Å². The van der Waals surface area contributed by atoms with Crippen LogP contribution in [0, 0.1) is 5.92 Å². The highest BCUT2D eigenvalue weighted by Gasteiger charge is 2.39. The van der Waals surface area contributed by atoms with Gasteiger partial charge in [-0.3, -0.25) is 0 Å². The second-order valence-electron chi connectivity index (χ2n) is 3.57. The minimum Gasteiger partial charge on any atom is -0.353 e. The second kappa shape index (κ2) is 4.24. The molecule has 0 aromatic heterocycles. The first kappa shape index (κ1) is 10.0. The van der Waals surface area contributed by atoms with Gasteiger partial charge < -0.3 is 9.47 Å². The lowest BCUT2D eigenvalue weighted by atomic mass is 9.81. The fraction of sp³-hybridized carbons (Fsp3) is 1.00. The molecule has 0 heterocycles. The van der Waals surface area contributed by atoms with Crippen LogP contribution in [0.2, 0.25) is 0 Å². The van der Waals surface area contributed by atoms with Crippen molar-refractivity contribution in [2.24, 2.45) is 5.92 Å². The Morgan fingerprint density at radius 1 is 1.25 bits per heavy atom. The molecule has 0 saturated heterocycles. The van der Waals surface area contributed by atoms with Gasteiger partial charge in [0, 0.05) is 26.6 Å². The Bertz CT molecular complexity index is 130. The van der Waals surface area contributed by atoms with E-state index in [2.05, 4.69) is 6.92 Å². The van der Waals surface area contributed by atoms with Crippen LogP contribution in [0.3, 0.4) is 0 Å². The summed E-state index contributed by atoms with van der Waals surface area (Å²) in [6.07, 6.45) is 6.02. The Hall–Kier alpha value is -0.0800. The van der Waals surface area contributed by atoms with Crippen LogP contribution in [0.5, 0.6) is 0 Å². The summed E-state index contributed by atoms with van der Waals surface area (Å²) in [5, 5.41) is 0. The Morgan fingerprint density at radius 3 is 2.33 bits per heavy atom. The largest absolute Gasteiger partial charge is 0.353 e. The van der Waals surface area contributed by atoms with Gasteiger partial charge in [0.15, 0.2) is 5.79 Å². The molecule has 1 fully saturated rings. The molecule has 0 aromatic carbocycles. The predicted octanol–water partition coefficient (Wildman–Crippen LogP) is 2.58. The number of rotatable bonds is 3. The molecule has 1 atom stereocenters. The molecule has 0 aromatic rings. The third-order valence-electron chi connectivity index (χ3n) is 3.13. The first-order chi connectivity index (χ1) is 5.79. The first-order valence-electron chi connectivity index (χ1n) is 4.89. The van der Waals surface area contributed by atoms with Crippen molar-refractivity contribution in [2.45, 2.75) is 44.8 Å². The summed E-state index contributed by atoms with van der Waals surface area (Å²) in [7, 11) is 3.52. The summed E-state index contributed by atoms with van der Waals surface area (Å²) in [4.78, 5) is 0. The van der Waals surface area contributed by atoms with E-state index >= 15 is 0 Å². The van der Waals surface area contributed by atoms with Crippen LogP contribution < -0.4 is 0 Å². The van der Waals surface area contributed by atoms with Crippen molar-refractivity contribution in [3.63, 3.8) is 0 Å². The smallest absolute Gasteiger partial charge is 0.170 e. The Labute approximate surface area is 75.2 Å². The van der Waals surface area contributed by atoms with Crippen molar-refractivity contribution >= 4 is 0 Å². The fourth-order valence-electron chi connectivity index (χ4n) is 2.32. The van der Waals surface area contributed by atoms with Crippen LogP contribution >= 0.6 is 0 Å². The topological polar surface area (TPSA) is 18.5 Å².